The Hall–Kier alpha value is -2.31. The Labute approximate surface area is 104 Å². The Morgan fingerprint density at radius 3 is 2.37 bits per heavy atom. The van der Waals surface area contributed by atoms with E-state index in [1.165, 1.54) is 12.3 Å². The third-order valence-corrected chi connectivity index (χ3v) is 2.38. The van der Waals surface area contributed by atoms with Gasteiger partial charge in [0.1, 0.15) is 5.82 Å². The Bertz CT molecular complexity index is 611. The zero-order chi connectivity index (χ0) is 14.0. The Kier molecular flexibility index (Phi) is 3.28. The molecule has 1 aromatic heterocycles. The van der Waals surface area contributed by atoms with Gasteiger partial charge >= 0.3 is 6.18 Å². The van der Waals surface area contributed by atoms with Crippen LogP contribution in [-0.4, -0.2) is 16.0 Å². The molecule has 0 atom stereocenters. The van der Waals surface area contributed by atoms with E-state index in [0.717, 1.165) is 12.3 Å². The second kappa shape index (κ2) is 4.75. The van der Waals surface area contributed by atoms with Crippen molar-refractivity contribution in [1.29, 1.82) is 0 Å². The third-order valence-electron chi connectivity index (χ3n) is 2.38. The molecule has 0 N–H and O–H groups in total. The summed E-state index contributed by atoms with van der Waals surface area (Å²) in [5.41, 5.74) is -1.66. The summed E-state index contributed by atoms with van der Waals surface area (Å²) in [5, 5.41) is 6.90. The van der Waals surface area contributed by atoms with E-state index in [2.05, 4.69) is 10.2 Å². The SMILES string of the molecule is O=C(c1ccnnc1)c1ccc(F)c(C(F)(F)F)c1. The maximum atomic E-state index is 13.1. The summed E-state index contributed by atoms with van der Waals surface area (Å²) in [6.07, 6.45) is -2.49. The van der Waals surface area contributed by atoms with Gasteiger partial charge in [-0.2, -0.15) is 23.4 Å². The number of halogens is 4. The molecule has 19 heavy (non-hydrogen) atoms. The van der Waals surface area contributed by atoms with E-state index in [9.17, 15) is 22.4 Å². The molecule has 7 heteroatoms. The van der Waals surface area contributed by atoms with Gasteiger partial charge in [-0.05, 0) is 24.3 Å². The van der Waals surface area contributed by atoms with Gasteiger partial charge in [-0.3, -0.25) is 4.79 Å². The number of nitrogens with zero attached hydrogens (tertiary/aromatic N) is 2. The number of hydrogen-bond acceptors (Lipinski definition) is 3. The topological polar surface area (TPSA) is 42.9 Å². The summed E-state index contributed by atoms with van der Waals surface area (Å²) in [5.74, 6) is -2.10. The monoisotopic (exact) mass is 270 g/mol. The van der Waals surface area contributed by atoms with Crippen molar-refractivity contribution < 1.29 is 22.4 Å². The summed E-state index contributed by atoms with van der Waals surface area (Å²) < 4.78 is 50.6. The number of carbonyl (C=O) groups excluding carboxylic acids is 1. The minimum Gasteiger partial charge on any atom is -0.289 e. The van der Waals surface area contributed by atoms with Crippen LogP contribution in [0.25, 0.3) is 0 Å². The number of carbonyl (C=O) groups is 1. The summed E-state index contributed by atoms with van der Waals surface area (Å²) in [6, 6.07) is 3.40. The highest BCUT2D eigenvalue weighted by Gasteiger charge is 2.34. The first-order valence-electron chi connectivity index (χ1n) is 5.08. The number of aromatic nitrogens is 2. The molecule has 2 aromatic rings. The molecule has 3 nitrogen and oxygen atoms in total. The smallest absolute Gasteiger partial charge is 0.289 e. The first kappa shape index (κ1) is 13.1. The fourth-order valence-corrected chi connectivity index (χ4v) is 1.48. The molecule has 0 radical (unpaired) electrons. The van der Waals surface area contributed by atoms with E-state index < -0.39 is 23.3 Å². The number of alkyl halides is 3. The van der Waals surface area contributed by atoms with Crippen LogP contribution in [0, 0.1) is 5.82 Å². The van der Waals surface area contributed by atoms with E-state index in [-0.39, 0.29) is 11.1 Å². The zero-order valence-corrected chi connectivity index (χ0v) is 9.28. The molecular formula is C12H6F4N2O. The first-order chi connectivity index (χ1) is 8.89. The lowest BCUT2D eigenvalue weighted by atomic mass is 10.0. The van der Waals surface area contributed by atoms with Crippen molar-refractivity contribution in [2.24, 2.45) is 0 Å². The molecule has 1 aromatic carbocycles. The Morgan fingerprint density at radius 2 is 1.79 bits per heavy atom. The van der Waals surface area contributed by atoms with Gasteiger partial charge in [0, 0.05) is 11.1 Å². The lowest BCUT2D eigenvalue weighted by Crippen LogP contribution is -2.11. The van der Waals surface area contributed by atoms with Gasteiger partial charge < -0.3 is 0 Å². The molecular weight excluding hydrogens is 264 g/mol. The van der Waals surface area contributed by atoms with Gasteiger partial charge in [0.15, 0.2) is 5.78 Å². The summed E-state index contributed by atoms with van der Waals surface area (Å²) >= 11 is 0. The van der Waals surface area contributed by atoms with Crippen molar-refractivity contribution in [3.63, 3.8) is 0 Å². The highest BCUT2D eigenvalue weighted by atomic mass is 19.4. The summed E-state index contributed by atoms with van der Waals surface area (Å²) in [7, 11) is 0. The van der Waals surface area contributed by atoms with E-state index in [1.54, 1.807) is 0 Å². The fourth-order valence-electron chi connectivity index (χ4n) is 1.48. The molecule has 0 aliphatic rings. The normalized spacial score (nSPS) is 11.4. The molecule has 0 aliphatic heterocycles. The number of rotatable bonds is 2. The van der Waals surface area contributed by atoms with Crippen LogP contribution in [0.1, 0.15) is 21.5 Å². The van der Waals surface area contributed by atoms with Crippen LogP contribution >= 0.6 is 0 Å². The van der Waals surface area contributed by atoms with E-state index >= 15 is 0 Å². The molecule has 0 saturated carbocycles. The molecule has 0 spiro atoms. The molecule has 98 valence electrons. The van der Waals surface area contributed by atoms with Crippen LogP contribution in [0.15, 0.2) is 36.7 Å². The first-order valence-corrected chi connectivity index (χ1v) is 5.08. The average Bonchev–Trinajstić information content (AvgIpc) is 2.38. The lowest BCUT2D eigenvalue weighted by Gasteiger charge is -2.09. The van der Waals surface area contributed by atoms with Crippen molar-refractivity contribution in [1.82, 2.24) is 10.2 Å². The van der Waals surface area contributed by atoms with Gasteiger partial charge in [-0.25, -0.2) is 4.39 Å². The fraction of sp³-hybridized carbons (Fsp3) is 0.0833. The standard InChI is InChI=1S/C12H6F4N2O/c13-10-2-1-7(5-9(10)12(14,15)16)11(19)8-3-4-17-18-6-8/h1-6H. The quantitative estimate of drug-likeness (QED) is 0.622. The Balaban J connectivity index is 2.45. The summed E-state index contributed by atoms with van der Waals surface area (Å²) in [6.45, 7) is 0. The third kappa shape index (κ3) is 2.75. The van der Waals surface area contributed by atoms with Crippen LogP contribution in [0.2, 0.25) is 0 Å². The number of hydrogen-bond donors (Lipinski definition) is 0. The van der Waals surface area contributed by atoms with Crippen LogP contribution < -0.4 is 0 Å². The van der Waals surface area contributed by atoms with Crippen molar-refractivity contribution >= 4 is 5.78 Å². The van der Waals surface area contributed by atoms with Crippen molar-refractivity contribution in [2.75, 3.05) is 0 Å². The molecule has 0 saturated heterocycles. The van der Waals surface area contributed by atoms with Gasteiger partial charge in [0.25, 0.3) is 0 Å². The van der Waals surface area contributed by atoms with Crippen molar-refractivity contribution in [3.05, 3.63) is 59.2 Å². The maximum Gasteiger partial charge on any atom is 0.419 e. The van der Waals surface area contributed by atoms with Crippen LogP contribution in [0.5, 0.6) is 0 Å². The highest BCUT2D eigenvalue weighted by Crippen LogP contribution is 2.32. The molecule has 0 bridgehead atoms. The number of ketones is 1. The minimum atomic E-state index is -4.85. The molecule has 0 fully saturated rings. The second-order valence-electron chi connectivity index (χ2n) is 3.65. The van der Waals surface area contributed by atoms with Crippen LogP contribution in [-0.2, 0) is 6.18 Å². The molecule has 0 amide bonds. The average molecular weight is 270 g/mol. The lowest BCUT2D eigenvalue weighted by molar-refractivity contribution is -0.140. The van der Waals surface area contributed by atoms with Crippen LogP contribution in [0.4, 0.5) is 17.6 Å². The minimum absolute atomic E-state index is 0.0785. The zero-order valence-electron chi connectivity index (χ0n) is 9.28. The van der Waals surface area contributed by atoms with Crippen LogP contribution in [0.3, 0.4) is 0 Å². The predicted molar refractivity (Wildman–Crippen MR) is 56.9 cm³/mol. The molecule has 0 unspecified atom stereocenters. The second-order valence-corrected chi connectivity index (χ2v) is 3.65. The summed E-state index contributed by atoms with van der Waals surface area (Å²) in [4.78, 5) is 11.9. The number of benzene rings is 1. The predicted octanol–water partition coefficient (Wildman–Crippen LogP) is 2.87. The van der Waals surface area contributed by atoms with Gasteiger partial charge in [-0.15, -0.1) is 0 Å². The largest absolute Gasteiger partial charge is 0.419 e. The molecule has 0 aliphatic carbocycles. The van der Waals surface area contributed by atoms with Gasteiger partial charge in [-0.1, -0.05) is 0 Å². The van der Waals surface area contributed by atoms with Gasteiger partial charge in [0.2, 0.25) is 0 Å². The van der Waals surface area contributed by atoms with Crippen molar-refractivity contribution in [2.45, 2.75) is 6.18 Å². The molecule has 2 rings (SSSR count). The molecule has 1 heterocycles. The van der Waals surface area contributed by atoms with E-state index in [1.807, 2.05) is 0 Å². The maximum absolute atomic E-state index is 13.1. The van der Waals surface area contributed by atoms with E-state index in [4.69, 9.17) is 0 Å². The van der Waals surface area contributed by atoms with E-state index in [0.29, 0.717) is 12.1 Å². The van der Waals surface area contributed by atoms with Crippen molar-refractivity contribution in [3.8, 4) is 0 Å². The Morgan fingerprint density at radius 1 is 1.05 bits per heavy atom. The highest BCUT2D eigenvalue weighted by molar-refractivity contribution is 6.08. The van der Waals surface area contributed by atoms with Gasteiger partial charge in [0.05, 0.1) is 18.0 Å².